The molecule has 9 N–H and O–H groups in total. The quantitative estimate of drug-likeness (QED) is 0.139. The van der Waals surface area contributed by atoms with Gasteiger partial charge < -0.3 is 37.8 Å². The molecule has 0 aliphatic heterocycles. The van der Waals surface area contributed by atoms with Gasteiger partial charge in [0, 0.05) is 0 Å². The normalized spacial score (nSPS) is 14.6. The Hall–Kier alpha value is -2.73. The van der Waals surface area contributed by atoms with Crippen LogP contribution in [0.2, 0.25) is 0 Å². The third-order valence-electron chi connectivity index (χ3n) is 4.51. The monoisotopic (exact) mass is 458 g/mol. The second-order valence-electron chi connectivity index (χ2n) is 8.17. The van der Waals surface area contributed by atoms with Crippen LogP contribution in [0.25, 0.3) is 0 Å². The van der Waals surface area contributed by atoms with Gasteiger partial charge in [-0.3, -0.25) is 19.2 Å². The van der Waals surface area contributed by atoms with Gasteiger partial charge in [0.1, 0.15) is 18.1 Å². The second kappa shape index (κ2) is 15.1. The van der Waals surface area contributed by atoms with Gasteiger partial charge in [-0.1, -0.05) is 13.8 Å². The molecule has 0 aromatic rings. The van der Waals surface area contributed by atoms with Crippen molar-refractivity contribution in [2.75, 3.05) is 13.1 Å². The molecular weight excluding hydrogens is 420 g/mol. The van der Waals surface area contributed by atoms with Gasteiger partial charge in [0.05, 0.1) is 12.6 Å². The maximum absolute atomic E-state index is 12.7. The smallest absolute Gasteiger partial charge is 0.326 e. The number of carbonyl (C=O) groups excluding carboxylic acids is 4. The van der Waals surface area contributed by atoms with E-state index in [1.54, 1.807) is 0 Å². The Balaban J connectivity index is 4.99. The summed E-state index contributed by atoms with van der Waals surface area (Å²) in [5, 5.41) is 19.1. The van der Waals surface area contributed by atoms with Crippen LogP contribution >= 0.6 is 0 Å². The topological polar surface area (TPSA) is 206 Å². The summed E-state index contributed by atoms with van der Waals surface area (Å²) in [6.07, 6.45) is 1.70. The van der Waals surface area contributed by atoms with Crippen LogP contribution in [0.3, 0.4) is 0 Å². The first-order valence-corrected chi connectivity index (χ1v) is 10.7. The van der Waals surface area contributed by atoms with Gasteiger partial charge in [0.2, 0.25) is 23.6 Å². The number of hydrogen-bond acceptors (Lipinski definition) is 7. The van der Waals surface area contributed by atoms with Crippen LogP contribution in [0.15, 0.2) is 0 Å². The maximum Gasteiger partial charge on any atom is 0.326 e. The molecule has 0 fully saturated rings. The number of nitrogens with one attached hydrogen (secondary N) is 4. The molecule has 4 amide bonds. The summed E-state index contributed by atoms with van der Waals surface area (Å²) < 4.78 is 0. The number of nitrogens with two attached hydrogens (primary N) is 2. The van der Waals surface area contributed by atoms with Gasteiger partial charge in [0.25, 0.3) is 0 Å². The molecular formula is C20H38N6O6. The van der Waals surface area contributed by atoms with Crippen molar-refractivity contribution >= 4 is 29.6 Å². The summed E-state index contributed by atoms with van der Waals surface area (Å²) in [5.41, 5.74) is 10.9. The van der Waals surface area contributed by atoms with Crippen molar-refractivity contribution < 1.29 is 29.1 Å². The molecule has 12 heteroatoms. The minimum atomic E-state index is -1.16. The summed E-state index contributed by atoms with van der Waals surface area (Å²) in [7, 11) is 0. The summed E-state index contributed by atoms with van der Waals surface area (Å²) in [6.45, 7) is 6.61. The summed E-state index contributed by atoms with van der Waals surface area (Å²) >= 11 is 0. The van der Waals surface area contributed by atoms with E-state index < -0.39 is 53.8 Å². The van der Waals surface area contributed by atoms with E-state index in [0.29, 0.717) is 19.4 Å². The third-order valence-corrected chi connectivity index (χ3v) is 4.51. The van der Waals surface area contributed by atoms with Crippen molar-refractivity contribution in [3.05, 3.63) is 0 Å². The number of carboxylic acids is 1. The zero-order valence-corrected chi connectivity index (χ0v) is 19.3. The Morgan fingerprint density at radius 1 is 0.844 bits per heavy atom. The summed E-state index contributed by atoms with van der Waals surface area (Å²) in [4.78, 5) is 60.0. The molecule has 0 radical (unpaired) electrons. The van der Waals surface area contributed by atoms with Crippen LogP contribution in [0, 0.1) is 5.92 Å². The minimum absolute atomic E-state index is 0.0474. The summed E-state index contributed by atoms with van der Waals surface area (Å²) in [5.74, 6) is -3.47. The summed E-state index contributed by atoms with van der Waals surface area (Å²) in [6, 6.07) is -3.84. The van der Waals surface area contributed by atoms with Crippen molar-refractivity contribution in [3.8, 4) is 0 Å². The number of carboxylic acid groups (broad SMARTS) is 1. The number of amides is 4. The number of rotatable bonds is 15. The Labute approximate surface area is 188 Å². The first-order chi connectivity index (χ1) is 14.9. The van der Waals surface area contributed by atoms with Crippen LogP contribution in [-0.2, 0) is 24.0 Å². The van der Waals surface area contributed by atoms with Gasteiger partial charge in [-0.15, -0.1) is 0 Å². The van der Waals surface area contributed by atoms with Crippen molar-refractivity contribution in [3.63, 3.8) is 0 Å². The maximum atomic E-state index is 12.7. The second-order valence-corrected chi connectivity index (χ2v) is 8.17. The van der Waals surface area contributed by atoms with E-state index in [9.17, 15) is 29.1 Å². The minimum Gasteiger partial charge on any atom is -0.480 e. The van der Waals surface area contributed by atoms with E-state index in [1.807, 2.05) is 13.8 Å². The van der Waals surface area contributed by atoms with Gasteiger partial charge in [-0.05, 0) is 52.0 Å². The average molecular weight is 459 g/mol. The number of hydrogen-bond donors (Lipinski definition) is 7. The Morgan fingerprint density at radius 3 is 1.97 bits per heavy atom. The highest BCUT2D eigenvalue weighted by molar-refractivity contribution is 5.94. The number of aliphatic carboxylic acids is 1. The van der Waals surface area contributed by atoms with E-state index in [4.69, 9.17) is 11.5 Å². The first-order valence-electron chi connectivity index (χ1n) is 10.7. The molecule has 0 aliphatic carbocycles. The Morgan fingerprint density at radius 2 is 1.47 bits per heavy atom. The van der Waals surface area contributed by atoms with E-state index in [-0.39, 0.29) is 25.3 Å². The average Bonchev–Trinajstić information content (AvgIpc) is 2.69. The lowest BCUT2D eigenvalue weighted by Gasteiger charge is -2.23. The molecule has 0 aliphatic rings. The van der Waals surface area contributed by atoms with Gasteiger partial charge >= 0.3 is 5.97 Å². The lowest BCUT2D eigenvalue weighted by molar-refractivity contribution is -0.142. The molecule has 0 bridgehead atoms. The van der Waals surface area contributed by atoms with E-state index >= 15 is 0 Å². The van der Waals surface area contributed by atoms with Crippen LogP contribution in [0.1, 0.15) is 53.4 Å². The Bertz CT molecular complexity index is 654. The third kappa shape index (κ3) is 12.2. The van der Waals surface area contributed by atoms with Crippen LogP contribution < -0.4 is 32.7 Å². The van der Waals surface area contributed by atoms with E-state index in [0.717, 1.165) is 0 Å². The van der Waals surface area contributed by atoms with Crippen molar-refractivity contribution in [2.45, 2.75) is 77.5 Å². The molecule has 4 atom stereocenters. The number of carbonyl (C=O) groups is 5. The molecule has 0 aromatic carbocycles. The molecule has 184 valence electrons. The predicted molar refractivity (Wildman–Crippen MR) is 118 cm³/mol. The standard InChI is InChI=1S/C20H38N6O6/c1-11(2)9-15(20(31)32)26-18(29)13(4)24-19(30)14(7-5-6-8-21)25-16(27)10-23-17(28)12(3)22/h11-15H,5-10,21-22H2,1-4H3,(H,23,28)(H,24,30)(H,25,27)(H,26,29)(H,31,32)/t12-,13-,14-,15-/m0/s1. The highest BCUT2D eigenvalue weighted by Gasteiger charge is 2.27. The van der Waals surface area contributed by atoms with Crippen molar-refractivity contribution in [1.29, 1.82) is 0 Å². The molecule has 0 aromatic heterocycles. The van der Waals surface area contributed by atoms with Crippen LogP contribution in [0.5, 0.6) is 0 Å². The van der Waals surface area contributed by atoms with Gasteiger partial charge in [0.15, 0.2) is 0 Å². The molecule has 0 spiro atoms. The molecule has 12 nitrogen and oxygen atoms in total. The molecule has 0 heterocycles. The predicted octanol–water partition coefficient (Wildman–Crippen LogP) is -1.82. The fraction of sp³-hybridized carbons (Fsp3) is 0.750. The highest BCUT2D eigenvalue weighted by Crippen LogP contribution is 2.06. The van der Waals surface area contributed by atoms with Gasteiger partial charge in [-0.25, -0.2) is 4.79 Å². The molecule has 0 unspecified atom stereocenters. The van der Waals surface area contributed by atoms with E-state index in [2.05, 4.69) is 21.3 Å². The van der Waals surface area contributed by atoms with Gasteiger partial charge in [-0.2, -0.15) is 0 Å². The SMILES string of the molecule is CC(C)C[C@H](NC(=O)[C@H](C)NC(=O)[C@H](CCCCN)NC(=O)CNC(=O)[C@H](C)N)C(=O)O. The fourth-order valence-corrected chi connectivity index (χ4v) is 2.70. The molecule has 0 saturated carbocycles. The lowest BCUT2D eigenvalue weighted by Crippen LogP contribution is -2.55. The van der Waals surface area contributed by atoms with Crippen molar-refractivity contribution in [2.24, 2.45) is 17.4 Å². The highest BCUT2D eigenvalue weighted by atomic mass is 16.4. The first kappa shape index (κ1) is 29.3. The zero-order chi connectivity index (χ0) is 24.8. The lowest BCUT2D eigenvalue weighted by atomic mass is 10.0. The van der Waals surface area contributed by atoms with Crippen LogP contribution in [-0.4, -0.2) is 72.0 Å². The molecule has 32 heavy (non-hydrogen) atoms. The van der Waals surface area contributed by atoms with E-state index in [1.165, 1.54) is 13.8 Å². The zero-order valence-electron chi connectivity index (χ0n) is 19.3. The van der Waals surface area contributed by atoms with Crippen molar-refractivity contribution in [1.82, 2.24) is 21.3 Å². The molecule has 0 saturated heterocycles. The largest absolute Gasteiger partial charge is 0.480 e. The molecule has 0 rings (SSSR count). The van der Waals surface area contributed by atoms with Crippen LogP contribution in [0.4, 0.5) is 0 Å². The fourth-order valence-electron chi connectivity index (χ4n) is 2.70. The Kier molecular flexibility index (Phi) is 13.8. The number of unbranched alkanes of at least 4 members (excludes halogenated alkanes) is 1.